The van der Waals surface area contributed by atoms with Crippen LogP contribution in [0.5, 0.6) is 0 Å². The number of carboxylic acid groups (broad SMARTS) is 1. The normalized spacial score (nSPS) is 25.3. The van der Waals surface area contributed by atoms with Crippen molar-refractivity contribution in [3.05, 3.63) is 0 Å². The maximum atomic E-state index is 13.2. The van der Waals surface area contributed by atoms with E-state index < -0.39 is 40.8 Å². The first-order valence-electron chi connectivity index (χ1n) is 9.27. The van der Waals surface area contributed by atoms with E-state index in [4.69, 9.17) is 21.5 Å². The molecule has 1 aliphatic rings. The fraction of sp³-hybridized carbons (Fsp3) is 0.933. The Hall–Kier alpha value is -0.755. The monoisotopic (exact) mass is 408 g/mol. The highest BCUT2D eigenvalue weighted by atomic mass is 32.2. The van der Waals surface area contributed by atoms with E-state index in [1.54, 1.807) is 6.92 Å². The standard InChI is InChI=1S/C15H33BN4O6S/c1-4-20(13(8-17)11(2)3)27(25,26)19-9-12(6-5-7-16(23)24)15(18,10-19)14(21)22/h11-13,23-24H,4-10,17-18H2,1-3H3,(H,21,22)/t12-,13+,15-/m0/s1. The maximum absolute atomic E-state index is 13.2. The Morgan fingerprint density at radius 3 is 2.41 bits per heavy atom. The second kappa shape index (κ2) is 9.63. The molecule has 0 aliphatic carbocycles. The van der Waals surface area contributed by atoms with Crippen LogP contribution in [0.1, 0.15) is 33.6 Å². The second-order valence-electron chi connectivity index (χ2n) is 7.50. The van der Waals surface area contributed by atoms with Gasteiger partial charge in [-0.1, -0.05) is 27.2 Å². The zero-order valence-electron chi connectivity index (χ0n) is 16.3. The minimum Gasteiger partial charge on any atom is -0.480 e. The molecule has 3 atom stereocenters. The van der Waals surface area contributed by atoms with Gasteiger partial charge in [0.05, 0.1) is 0 Å². The third-order valence-electron chi connectivity index (χ3n) is 5.32. The molecule has 0 radical (unpaired) electrons. The van der Waals surface area contributed by atoms with Crippen LogP contribution in [-0.4, -0.2) is 83.0 Å². The van der Waals surface area contributed by atoms with Gasteiger partial charge < -0.3 is 26.6 Å². The van der Waals surface area contributed by atoms with E-state index in [1.165, 1.54) is 4.31 Å². The van der Waals surface area contributed by atoms with E-state index in [9.17, 15) is 18.3 Å². The van der Waals surface area contributed by atoms with Crippen LogP contribution in [0.4, 0.5) is 0 Å². The third kappa shape index (κ3) is 5.40. The predicted octanol–water partition coefficient (Wildman–Crippen LogP) is -1.50. The van der Waals surface area contributed by atoms with E-state index in [1.807, 2.05) is 13.8 Å². The summed E-state index contributed by atoms with van der Waals surface area (Å²) in [6, 6.07) is -0.402. The topological polar surface area (TPSA) is 170 Å². The van der Waals surface area contributed by atoms with E-state index in [0.717, 1.165) is 4.31 Å². The zero-order chi connectivity index (χ0) is 21.0. The van der Waals surface area contributed by atoms with Gasteiger partial charge in [0.25, 0.3) is 10.2 Å². The summed E-state index contributed by atoms with van der Waals surface area (Å²) in [7, 11) is -5.43. The van der Waals surface area contributed by atoms with Gasteiger partial charge in [0.2, 0.25) is 0 Å². The first-order chi connectivity index (χ1) is 12.4. The van der Waals surface area contributed by atoms with Crippen LogP contribution in [-0.2, 0) is 15.0 Å². The summed E-state index contributed by atoms with van der Waals surface area (Å²) < 4.78 is 28.8. The summed E-state index contributed by atoms with van der Waals surface area (Å²) in [5.74, 6) is -1.90. The summed E-state index contributed by atoms with van der Waals surface area (Å²) in [6.07, 6.45) is 0.684. The number of hydrogen-bond donors (Lipinski definition) is 5. The zero-order valence-corrected chi connectivity index (χ0v) is 17.1. The van der Waals surface area contributed by atoms with Crippen molar-refractivity contribution in [1.82, 2.24) is 8.61 Å². The van der Waals surface area contributed by atoms with Crippen molar-refractivity contribution in [3.8, 4) is 0 Å². The maximum Gasteiger partial charge on any atom is 0.451 e. The van der Waals surface area contributed by atoms with Gasteiger partial charge >= 0.3 is 13.1 Å². The summed E-state index contributed by atoms with van der Waals surface area (Å²) in [5, 5.41) is 27.5. The number of nitrogens with two attached hydrogens (primary N) is 2. The molecular formula is C15H33BN4O6S. The van der Waals surface area contributed by atoms with Gasteiger partial charge in [-0.25, -0.2) is 0 Å². The molecule has 1 aliphatic heterocycles. The van der Waals surface area contributed by atoms with Crippen LogP contribution in [0.2, 0.25) is 6.32 Å². The molecule has 12 heteroatoms. The largest absolute Gasteiger partial charge is 0.480 e. The number of likely N-dealkylation sites (N-methyl/N-ethyl adjacent to an activating group) is 1. The van der Waals surface area contributed by atoms with E-state index in [-0.39, 0.29) is 44.8 Å². The Bertz CT molecular complexity index is 605. The first kappa shape index (κ1) is 24.3. The Morgan fingerprint density at radius 2 is 2.00 bits per heavy atom. The highest BCUT2D eigenvalue weighted by Crippen LogP contribution is 2.33. The number of aliphatic carboxylic acids is 1. The molecule has 1 rings (SSSR count). The summed E-state index contributed by atoms with van der Waals surface area (Å²) >= 11 is 0. The summed E-state index contributed by atoms with van der Waals surface area (Å²) in [6.45, 7) is 5.49. The average Bonchev–Trinajstić information content (AvgIpc) is 2.90. The molecule has 27 heavy (non-hydrogen) atoms. The molecular weight excluding hydrogens is 375 g/mol. The van der Waals surface area contributed by atoms with Gasteiger partial charge in [0.1, 0.15) is 5.54 Å². The molecule has 0 aromatic heterocycles. The quantitative estimate of drug-likeness (QED) is 0.257. The van der Waals surface area contributed by atoms with E-state index in [0.29, 0.717) is 6.42 Å². The molecule has 1 heterocycles. The van der Waals surface area contributed by atoms with Crippen LogP contribution in [0, 0.1) is 11.8 Å². The van der Waals surface area contributed by atoms with Gasteiger partial charge in [-0.2, -0.15) is 17.0 Å². The van der Waals surface area contributed by atoms with Crippen molar-refractivity contribution in [1.29, 1.82) is 0 Å². The number of nitrogens with zero attached hydrogens (tertiary/aromatic N) is 2. The predicted molar refractivity (Wildman–Crippen MR) is 103 cm³/mol. The Balaban J connectivity index is 3.09. The third-order valence-corrected chi connectivity index (χ3v) is 7.37. The minimum atomic E-state index is -3.94. The van der Waals surface area contributed by atoms with Crippen LogP contribution >= 0.6 is 0 Å². The minimum absolute atomic E-state index is 0.00345. The molecule has 158 valence electrons. The van der Waals surface area contributed by atoms with Gasteiger partial charge in [0.15, 0.2) is 0 Å². The van der Waals surface area contributed by atoms with Gasteiger partial charge in [-0.3, -0.25) is 4.79 Å². The fourth-order valence-corrected chi connectivity index (χ4v) is 5.69. The van der Waals surface area contributed by atoms with Crippen LogP contribution in [0.3, 0.4) is 0 Å². The van der Waals surface area contributed by atoms with Crippen molar-refractivity contribution in [2.75, 3.05) is 26.2 Å². The molecule has 1 fully saturated rings. The molecule has 0 unspecified atom stereocenters. The smallest absolute Gasteiger partial charge is 0.451 e. The highest BCUT2D eigenvalue weighted by Gasteiger charge is 2.53. The molecule has 10 nitrogen and oxygen atoms in total. The van der Waals surface area contributed by atoms with Crippen molar-refractivity contribution >= 4 is 23.3 Å². The molecule has 0 amide bonds. The van der Waals surface area contributed by atoms with Crippen LogP contribution in [0.25, 0.3) is 0 Å². The van der Waals surface area contributed by atoms with Crippen molar-refractivity contribution in [2.45, 2.75) is 51.5 Å². The van der Waals surface area contributed by atoms with Crippen LogP contribution in [0.15, 0.2) is 0 Å². The average molecular weight is 408 g/mol. The lowest BCUT2D eigenvalue weighted by Crippen LogP contribution is -2.56. The van der Waals surface area contributed by atoms with E-state index >= 15 is 0 Å². The molecule has 0 aromatic rings. The summed E-state index contributed by atoms with van der Waals surface area (Å²) in [4.78, 5) is 11.8. The summed E-state index contributed by atoms with van der Waals surface area (Å²) in [5.41, 5.74) is 10.1. The molecule has 0 spiro atoms. The first-order valence-corrected chi connectivity index (χ1v) is 10.7. The van der Waals surface area contributed by atoms with Gasteiger partial charge in [0, 0.05) is 38.1 Å². The molecule has 0 aromatic carbocycles. The lowest BCUT2D eigenvalue weighted by atomic mass is 9.78. The molecule has 1 saturated heterocycles. The second-order valence-corrected chi connectivity index (χ2v) is 9.39. The Morgan fingerprint density at radius 1 is 1.41 bits per heavy atom. The highest BCUT2D eigenvalue weighted by molar-refractivity contribution is 7.86. The van der Waals surface area contributed by atoms with Crippen LogP contribution < -0.4 is 11.5 Å². The number of carboxylic acids is 1. The lowest BCUT2D eigenvalue weighted by Gasteiger charge is -2.34. The number of rotatable bonds is 11. The number of hydrogen-bond acceptors (Lipinski definition) is 7. The SMILES string of the molecule is CCN([C@H](CN)C(C)C)S(=O)(=O)N1C[C@H](CCCB(O)O)[C@](N)(C(=O)O)C1. The fourth-order valence-electron chi connectivity index (χ4n) is 3.65. The molecule has 0 bridgehead atoms. The van der Waals surface area contributed by atoms with Crippen molar-refractivity contribution in [2.24, 2.45) is 23.3 Å². The van der Waals surface area contributed by atoms with Gasteiger partial charge in [-0.05, 0) is 18.7 Å². The van der Waals surface area contributed by atoms with E-state index in [2.05, 4.69) is 0 Å². The Labute approximate surface area is 161 Å². The molecule has 0 saturated carbocycles. The Kier molecular flexibility index (Phi) is 8.67. The lowest BCUT2D eigenvalue weighted by molar-refractivity contribution is -0.144. The van der Waals surface area contributed by atoms with Crippen molar-refractivity contribution < 1.29 is 28.4 Å². The van der Waals surface area contributed by atoms with Crippen molar-refractivity contribution in [3.63, 3.8) is 0 Å². The molecule has 7 N–H and O–H groups in total. The number of carbonyl (C=O) groups is 1. The van der Waals surface area contributed by atoms with Gasteiger partial charge in [-0.15, -0.1) is 0 Å².